The van der Waals surface area contributed by atoms with Crippen molar-refractivity contribution in [3.63, 3.8) is 0 Å². The van der Waals surface area contributed by atoms with E-state index in [1.165, 1.54) is 12.0 Å². The Hall–Kier alpha value is -2.03. The second-order valence-electron chi connectivity index (χ2n) is 6.12. The summed E-state index contributed by atoms with van der Waals surface area (Å²) in [5, 5.41) is 14.7. The first kappa shape index (κ1) is 16.8. The third kappa shape index (κ3) is 2.88. The molecule has 3 heterocycles. The third-order valence-corrected chi connectivity index (χ3v) is 4.42. The molecule has 1 N–H and O–H groups in total. The van der Waals surface area contributed by atoms with Crippen LogP contribution in [-0.2, 0) is 9.47 Å². The summed E-state index contributed by atoms with van der Waals surface area (Å²) in [6, 6.07) is 3.07. The second kappa shape index (κ2) is 6.46. The molecule has 2 aromatic rings. The number of amides is 1. The smallest absolute Gasteiger partial charge is 0.274 e. The van der Waals surface area contributed by atoms with Crippen LogP contribution in [0.25, 0.3) is 5.65 Å². The zero-order valence-electron chi connectivity index (χ0n) is 14.3. The molecule has 1 fully saturated rings. The number of nitrogens with zero attached hydrogens (tertiary/aromatic N) is 4. The van der Waals surface area contributed by atoms with Crippen LogP contribution in [-0.4, -0.2) is 76.1 Å². The molecule has 1 saturated heterocycles. The first-order chi connectivity index (χ1) is 11.4. The predicted molar refractivity (Wildman–Crippen MR) is 86.0 cm³/mol. The number of rotatable bonds is 3. The average Bonchev–Trinajstić information content (AvgIpc) is 2.98. The number of aliphatic hydroxyl groups is 1. The third-order valence-electron chi connectivity index (χ3n) is 4.42. The topological polar surface area (TPSA) is 89.2 Å². The van der Waals surface area contributed by atoms with Crippen molar-refractivity contribution in [3.8, 4) is 0 Å². The van der Waals surface area contributed by atoms with Gasteiger partial charge in [-0.05, 0) is 19.9 Å². The van der Waals surface area contributed by atoms with Crippen LogP contribution in [0.4, 0.5) is 0 Å². The highest BCUT2D eigenvalue weighted by Gasteiger charge is 2.37. The summed E-state index contributed by atoms with van der Waals surface area (Å²) >= 11 is 0. The van der Waals surface area contributed by atoms with E-state index in [1.807, 2.05) is 19.9 Å². The monoisotopic (exact) mass is 334 g/mol. The first-order valence-corrected chi connectivity index (χ1v) is 7.82. The van der Waals surface area contributed by atoms with Crippen LogP contribution >= 0.6 is 0 Å². The van der Waals surface area contributed by atoms with E-state index in [0.717, 1.165) is 11.4 Å². The molecule has 0 saturated carbocycles. The number of hydrogen-bond acceptors (Lipinski definition) is 6. The Labute approximate surface area is 140 Å². The van der Waals surface area contributed by atoms with Gasteiger partial charge in [0.25, 0.3) is 5.91 Å². The van der Waals surface area contributed by atoms with Crippen LogP contribution in [0.15, 0.2) is 12.1 Å². The fourth-order valence-corrected chi connectivity index (χ4v) is 3.02. The zero-order chi connectivity index (χ0) is 17.4. The highest BCUT2D eigenvalue weighted by atomic mass is 16.5. The fourth-order valence-electron chi connectivity index (χ4n) is 3.02. The molecule has 3 atom stereocenters. The van der Waals surface area contributed by atoms with E-state index >= 15 is 0 Å². The molecule has 8 nitrogen and oxygen atoms in total. The molecule has 0 bridgehead atoms. The van der Waals surface area contributed by atoms with Crippen molar-refractivity contribution in [2.45, 2.75) is 32.1 Å². The minimum Gasteiger partial charge on any atom is -0.388 e. The molecular formula is C16H22N4O4. The summed E-state index contributed by atoms with van der Waals surface area (Å²) < 4.78 is 12.3. The largest absolute Gasteiger partial charge is 0.388 e. The molecule has 2 aromatic heterocycles. The summed E-state index contributed by atoms with van der Waals surface area (Å²) in [6.45, 7) is 4.38. The SMILES string of the molecule is CO[C@@H]1COC[C@@H](N(C)C(=O)c2cc3nc(C)cc(C)n3n2)[C@@H]1O. The molecule has 1 amide bonds. The number of carbonyl (C=O) groups is 1. The molecule has 3 rings (SSSR count). The predicted octanol–water partition coefficient (Wildman–Crippen LogP) is 0.193. The van der Waals surface area contributed by atoms with Gasteiger partial charge in [-0.1, -0.05) is 0 Å². The fraction of sp³-hybridized carbons (Fsp3) is 0.562. The Morgan fingerprint density at radius 2 is 2.17 bits per heavy atom. The maximum absolute atomic E-state index is 12.8. The van der Waals surface area contributed by atoms with E-state index in [9.17, 15) is 9.90 Å². The van der Waals surface area contributed by atoms with E-state index in [0.29, 0.717) is 12.3 Å². The molecule has 0 aromatic carbocycles. The quantitative estimate of drug-likeness (QED) is 0.862. The van der Waals surface area contributed by atoms with Gasteiger partial charge in [0.2, 0.25) is 0 Å². The van der Waals surface area contributed by atoms with E-state index in [2.05, 4.69) is 10.1 Å². The first-order valence-electron chi connectivity index (χ1n) is 7.82. The maximum atomic E-state index is 12.8. The minimum absolute atomic E-state index is 0.257. The van der Waals surface area contributed by atoms with Gasteiger partial charge >= 0.3 is 0 Å². The Kier molecular flexibility index (Phi) is 4.53. The number of likely N-dealkylation sites (N-methyl/N-ethyl adjacent to an activating group) is 1. The molecule has 0 unspecified atom stereocenters. The number of aryl methyl sites for hydroxylation is 2. The molecule has 1 aliphatic heterocycles. The van der Waals surface area contributed by atoms with Gasteiger partial charge in [-0.3, -0.25) is 4.79 Å². The Balaban J connectivity index is 1.87. The number of aliphatic hydroxyl groups excluding tert-OH is 1. The molecule has 0 aliphatic carbocycles. The van der Waals surface area contributed by atoms with E-state index in [-0.39, 0.29) is 18.2 Å². The van der Waals surface area contributed by atoms with Gasteiger partial charge in [0.05, 0.1) is 19.3 Å². The van der Waals surface area contributed by atoms with Gasteiger partial charge < -0.3 is 19.5 Å². The number of fused-ring (bicyclic) bond motifs is 1. The number of carbonyl (C=O) groups excluding carboxylic acids is 1. The average molecular weight is 334 g/mol. The van der Waals surface area contributed by atoms with Crippen molar-refractivity contribution in [1.29, 1.82) is 0 Å². The van der Waals surface area contributed by atoms with Gasteiger partial charge in [0.15, 0.2) is 11.3 Å². The van der Waals surface area contributed by atoms with Gasteiger partial charge in [-0.25, -0.2) is 9.50 Å². The van der Waals surface area contributed by atoms with Crippen LogP contribution in [0.3, 0.4) is 0 Å². The molecule has 130 valence electrons. The van der Waals surface area contributed by atoms with Crippen LogP contribution in [0.2, 0.25) is 0 Å². The van der Waals surface area contributed by atoms with Crippen molar-refractivity contribution in [2.75, 3.05) is 27.4 Å². The van der Waals surface area contributed by atoms with Gasteiger partial charge in [0, 0.05) is 31.6 Å². The van der Waals surface area contributed by atoms with Crippen LogP contribution in [0.1, 0.15) is 21.9 Å². The number of ether oxygens (including phenoxy) is 2. The van der Waals surface area contributed by atoms with Crippen LogP contribution < -0.4 is 0 Å². The lowest BCUT2D eigenvalue weighted by Crippen LogP contribution is -2.56. The normalized spacial score (nSPS) is 24.3. The van der Waals surface area contributed by atoms with Gasteiger partial charge in [0.1, 0.15) is 12.2 Å². The van der Waals surface area contributed by atoms with Crippen molar-refractivity contribution < 1.29 is 19.4 Å². The van der Waals surface area contributed by atoms with Crippen molar-refractivity contribution in [3.05, 3.63) is 29.2 Å². The molecule has 0 spiro atoms. The van der Waals surface area contributed by atoms with E-state index in [1.54, 1.807) is 17.6 Å². The van der Waals surface area contributed by atoms with Crippen molar-refractivity contribution in [1.82, 2.24) is 19.5 Å². The standard InChI is InChI=1S/C16H22N4O4/c1-9-5-10(2)20-14(17-9)6-11(18-20)16(22)19(3)12-7-24-8-13(23-4)15(12)21/h5-6,12-13,15,21H,7-8H2,1-4H3/t12-,13-,15+/m1/s1. The Bertz CT molecular complexity index is 760. The Morgan fingerprint density at radius 3 is 2.88 bits per heavy atom. The van der Waals surface area contributed by atoms with Crippen molar-refractivity contribution >= 4 is 11.6 Å². The second-order valence-corrected chi connectivity index (χ2v) is 6.12. The minimum atomic E-state index is -0.808. The molecule has 24 heavy (non-hydrogen) atoms. The Morgan fingerprint density at radius 1 is 1.42 bits per heavy atom. The summed E-state index contributed by atoms with van der Waals surface area (Å²) in [7, 11) is 3.15. The highest BCUT2D eigenvalue weighted by molar-refractivity contribution is 5.93. The lowest BCUT2D eigenvalue weighted by atomic mass is 10.0. The maximum Gasteiger partial charge on any atom is 0.274 e. The van der Waals surface area contributed by atoms with Crippen LogP contribution in [0.5, 0.6) is 0 Å². The summed E-state index contributed by atoms with van der Waals surface area (Å²) in [4.78, 5) is 18.6. The van der Waals surface area contributed by atoms with Crippen LogP contribution in [0, 0.1) is 13.8 Å². The molecule has 0 radical (unpaired) electrons. The lowest BCUT2D eigenvalue weighted by molar-refractivity contribution is -0.135. The number of aromatic nitrogens is 3. The van der Waals surface area contributed by atoms with Crippen molar-refractivity contribution in [2.24, 2.45) is 0 Å². The summed E-state index contributed by atoms with van der Waals surface area (Å²) in [6.07, 6.45) is -1.26. The molecule has 1 aliphatic rings. The van der Waals surface area contributed by atoms with Gasteiger partial charge in [-0.15, -0.1) is 0 Å². The van der Waals surface area contributed by atoms with E-state index < -0.39 is 18.2 Å². The molecule has 8 heteroatoms. The zero-order valence-corrected chi connectivity index (χ0v) is 14.3. The lowest BCUT2D eigenvalue weighted by Gasteiger charge is -2.38. The molecular weight excluding hydrogens is 312 g/mol. The summed E-state index contributed by atoms with van der Waals surface area (Å²) in [5.41, 5.74) is 2.68. The number of hydrogen-bond donors (Lipinski definition) is 1. The van der Waals surface area contributed by atoms with E-state index in [4.69, 9.17) is 9.47 Å². The van der Waals surface area contributed by atoms with Gasteiger partial charge in [-0.2, -0.15) is 5.10 Å². The number of methoxy groups -OCH3 is 1. The highest BCUT2D eigenvalue weighted by Crippen LogP contribution is 2.18. The summed E-state index contributed by atoms with van der Waals surface area (Å²) in [5.74, 6) is -0.290.